The fraction of sp³-hybridized carbons (Fsp3) is 0.200. The van der Waals surface area contributed by atoms with E-state index in [0.29, 0.717) is 24.4 Å². The SMILES string of the molecule is C=C(C)C(=C)Cc1cccc(Nc2nc(Nc3ccc(OCCOC)c(F)c3)ncc2F)c1. The molecule has 0 aliphatic carbocycles. The zero-order valence-electron chi connectivity index (χ0n) is 18.6. The Morgan fingerprint density at radius 2 is 1.79 bits per heavy atom. The summed E-state index contributed by atoms with van der Waals surface area (Å²) in [5.41, 5.74) is 3.90. The van der Waals surface area contributed by atoms with Crippen molar-refractivity contribution in [3.8, 4) is 5.75 Å². The summed E-state index contributed by atoms with van der Waals surface area (Å²) in [5, 5.41) is 5.84. The van der Waals surface area contributed by atoms with Crippen molar-refractivity contribution in [2.24, 2.45) is 0 Å². The third-order valence-electron chi connectivity index (χ3n) is 4.69. The van der Waals surface area contributed by atoms with Crippen LogP contribution < -0.4 is 15.4 Å². The number of hydrogen-bond donors (Lipinski definition) is 2. The van der Waals surface area contributed by atoms with Crippen molar-refractivity contribution in [2.45, 2.75) is 13.3 Å². The van der Waals surface area contributed by atoms with E-state index in [1.807, 2.05) is 25.1 Å². The van der Waals surface area contributed by atoms with E-state index in [9.17, 15) is 8.78 Å². The molecule has 3 aromatic rings. The first-order chi connectivity index (χ1) is 15.9. The smallest absolute Gasteiger partial charge is 0.229 e. The molecule has 1 heterocycles. The Hall–Kier alpha value is -3.78. The first-order valence-corrected chi connectivity index (χ1v) is 10.3. The molecule has 0 unspecified atom stereocenters. The van der Waals surface area contributed by atoms with Gasteiger partial charge in [0.25, 0.3) is 0 Å². The van der Waals surface area contributed by atoms with Gasteiger partial charge in [0.15, 0.2) is 23.2 Å². The number of rotatable bonds is 11. The Morgan fingerprint density at radius 3 is 2.52 bits per heavy atom. The van der Waals surface area contributed by atoms with Crippen molar-refractivity contribution in [2.75, 3.05) is 31.0 Å². The summed E-state index contributed by atoms with van der Waals surface area (Å²) in [5.74, 6) is -0.967. The molecule has 8 heteroatoms. The molecule has 0 saturated carbocycles. The highest BCUT2D eigenvalue weighted by atomic mass is 19.1. The van der Waals surface area contributed by atoms with Gasteiger partial charge in [-0.2, -0.15) is 4.98 Å². The van der Waals surface area contributed by atoms with Crippen LogP contribution in [0.4, 0.5) is 31.9 Å². The molecule has 6 nitrogen and oxygen atoms in total. The lowest BCUT2D eigenvalue weighted by molar-refractivity contribution is 0.144. The van der Waals surface area contributed by atoms with Crippen LogP contribution >= 0.6 is 0 Å². The summed E-state index contributed by atoms with van der Waals surface area (Å²) in [6.07, 6.45) is 1.68. The summed E-state index contributed by atoms with van der Waals surface area (Å²) in [6, 6.07) is 11.9. The molecule has 0 radical (unpaired) electrons. The molecule has 3 rings (SSSR count). The van der Waals surface area contributed by atoms with Crippen LogP contribution in [0.25, 0.3) is 0 Å². The van der Waals surface area contributed by atoms with E-state index in [-0.39, 0.29) is 24.1 Å². The van der Waals surface area contributed by atoms with Gasteiger partial charge in [0.1, 0.15) is 6.61 Å². The minimum Gasteiger partial charge on any atom is -0.488 e. The van der Waals surface area contributed by atoms with Gasteiger partial charge in [-0.25, -0.2) is 13.8 Å². The van der Waals surface area contributed by atoms with E-state index in [0.717, 1.165) is 22.9 Å². The van der Waals surface area contributed by atoms with Crippen molar-refractivity contribution in [3.63, 3.8) is 0 Å². The minimum absolute atomic E-state index is 0.0108. The molecule has 33 heavy (non-hydrogen) atoms. The fourth-order valence-electron chi connectivity index (χ4n) is 2.87. The highest BCUT2D eigenvalue weighted by molar-refractivity contribution is 5.61. The van der Waals surface area contributed by atoms with E-state index >= 15 is 0 Å². The lowest BCUT2D eigenvalue weighted by Crippen LogP contribution is -2.06. The number of nitrogens with zero attached hydrogens (tertiary/aromatic N) is 2. The molecule has 172 valence electrons. The van der Waals surface area contributed by atoms with Crippen molar-refractivity contribution in [3.05, 3.63) is 90.2 Å². The van der Waals surface area contributed by atoms with Gasteiger partial charge in [0, 0.05) is 24.6 Å². The van der Waals surface area contributed by atoms with Crippen LogP contribution in [0.5, 0.6) is 5.75 Å². The number of halogens is 2. The van der Waals surface area contributed by atoms with Gasteiger partial charge < -0.3 is 20.1 Å². The van der Waals surface area contributed by atoms with Gasteiger partial charge in [-0.15, -0.1) is 0 Å². The van der Waals surface area contributed by atoms with Gasteiger partial charge >= 0.3 is 0 Å². The first-order valence-electron chi connectivity index (χ1n) is 10.3. The number of allylic oxidation sites excluding steroid dienone is 2. The third kappa shape index (κ3) is 6.85. The number of methoxy groups -OCH3 is 1. The van der Waals surface area contributed by atoms with E-state index in [1.54, 1.807) is 12.1 Å². The molecule has 0 fully saturated rings. The van der Waals surface area contributed by atoms with Gasteiger partial charge in [-0.1, -0.05) is 30.9 Å². The highest BCUT2D eigenvalue weighted by Gasteiger charge is 2.10. The van der Waals surface area contributed by atoms with Crippen LogP contribution in [0.1, 0.15) is 12.5 Å². The van der Waals surface area contributed by atoms with E-state index in [1.165, 1.54) is 19.2 Å². The molecule has 0 amide bonds. The van der Waals surface area contributed by atoms with Crippen LogP contribution in [0.2, 0.25) is 0 Å². The van der Waals surface area contributed by atoms with Crippen LogP contribution in [-0.4, -0.2) is 30.3 Å². The average Bonchev–Trinajstić information content (AvgIpc) is 2.78. The zero-order valence-corrected chi connectivity index (χ0v) is 18.6. The number of benzene rings is 2. The summed E-state index contributed by atoms with van der Waals surface area (Å²) in [4.78, 5) is 8.12. The Balaban J connectivity index is 1.72. The maximum Gasteiger partial charge on any atom is 0.229 e. The Morgan fingerprint density at radius 1 is 1.00 bits per heavy atom. The summed E-state index contributed by atoms with van der Waals surface area (Å²) in [6.45, 7) is 10.4. The van der Waals surface area contributed by atoms with Crippen molar-refractivity contribution in [1.29, 1.82) is 0 Å². The summed E-state index contributed by atoms with van der Waals surface area (Å²) >= 11 is 0. The number of ether oxygens (including phenoxy) is 2. The predicted octanol–water partition coefficient (Wildman–Crippen LogP) is 5.94. The van der Waals surface area contributed by atoms with Crippen molar-refractivity contribution < 1.29 is 18.3 Å². The number of anilines is 4. The molecule has 0 atom stereocenters. The van der Waals surface area contributed by atoms with Crippen LogP contribution in [0, 0.1) is 11.6 Å². The normalized spacial score (nSPS) is 10.5. The molecule has 0 aliphatic heterocycles. The second-order valence-corrected chi connectivity index (χ2v) is 7.39. The molecule has 0 spiro atoms. The number of hydrogen-bond acceptors (Lipinski definition) is 6. The maximum absolute atomic E-state index is 14.3. The first kappa shape index (κ1) is 23.9. The molecule has 0 bridgehead atoms. The van der Waals surface area contributed by atoms with Crippen molar-refractivity contribution in [1.82, 2.24) is 9.97 Å². The third-order valence-corrected chi connectivity index (χ3v) is 4.69. The molecule has 2 aromatic carbocycles. The Labute approximate surface area is 192 Å². The van der Waals surface area contributed by atoms with E-state index in [4.69, 9.17) is 9.47 Å². The zero-order chi connectivity index (χ0) is 23.8. The quantitative estimate of drug-likeness (QED) is 0.277. The molecule has 0 aliphatic rings. The predicted molar refractivity (Wildman–Crippen MR) is 126 cm³/mol. The number of aromatic nitrogens is 2. The van der Waals surface area contributed by atoms with Crippen LogP contribution in [0.3, 0.4) is 0 Å². The minimum atomic E-state index is -0.620. The van der Waals surface area contributed by atoms with Gasteiger partial charge in [-0.3, -0.25) is 0 Å². The molecule has 1 aromatic heterocycles. The van der Waals surface area contributed by atoms with Crippen LogP contribution in [-0.2, 0) is 11.2 Å². The lowest BCUT2D eigenvalue weighted by Gasteiger charge is -2.12. The molecule has 2 N–H and O–H groups in total. The fourth-order valence-corrected chi connectivity index (χ4v) is 2.87. The summed E-state index contributed by atoms with van der Waals surface area (Å²) < 4.78 is 38.8. The topological polar surface area (TPSA) is 68.3 Å². The molecular weight excluding hydrogens is 426 g/mol. The second-order valence-electron chi connectivity index (χ2n) is 7.39. The largest absolute Gasteiger partial charge is 0.488 e. The van der Waals surface area contributed by atoms with Gasteiger partial charge in [0.2, 0.25) is 5.95 Å². The van der Waals surface area contributed by atoms with Crippen molar-refractivity contribution >= 4 is 23.1 Å². The average molecular weight is 453 g/mol. The highest BCUT2D eigenvalue weighted by Crippen LogP contribution is 2.25. The summed E-state index contributed by atoms with van der Waals surface area (Å²) in [7, 11) is 1.54. The second kappa shape index (κ2) is 11.2. The molecular formula is C25H26F2N4O2. The monoisotopic (exact) mass is 452 g/mol. The number of nitrogens with one attached hydrogen (secondary N) is 2. The maximum atomic E-state index is 14.3. The van der Waals surface area contributed by atoms with E-state index < -0.39 is 11.6 Å². The lowest BCUT2D eigenvalue weighted by atomic mass is 10.0. The van der Waals surface area contributed by atoms with Gasteiger partial charge in [-0.05, 0) is 48.7 Å². The standard InChI is InChI=1S/C25H26F2N4O2/c1-16(2)17(3)12-18-6-5-7-19(13-18)29-24-22(27)15-28-25(31-24)30-20-8-9-23(21(26)14-20)33-11-10-32-4/h5-9,13-15H,1,3,10-12H2,2,4H3,(H2,28,29,30,31). The molecule has 0 saturated heterocycles. The Kier molecular flexibility index (Phi) is 8.10. The van der Waals surface area contributed by atoms with Crippen LogP contribution in [0.15, 0.2) is 73.0 Å². The van der Waals surface area contributed by atoms with E-state index in [2.05, 4.69) is 33.8 Å². The Bertz CT molecular complexity index is 1150. The van der Waals surface area contributed by atoms with Gasteiger partial charge in [0.05, 0.1) is 12.8 Å².